The second kappa shape index (κ2) is 5.99. The van der Waals surface area contributed by atoms with Crippen molar-refractivity contribution < 1.29 is 9.53 Å². The second-order valence-electron chi connectivity index (χ2n) is 5.39. The van der Waals surface area contributed by atoms with Gasteiger partial charge in [-0.05, 0) is 30.9 Å². The third kappa shape index (κ3) is 2.73. The number of pyridine rings is 1. The fourth-order valence-corrected chi connectivity index (χ4v) is 3.84. The summed E-state index contributed by atoms with van der Waals surface area (Å²) in [6.45, 7) is 2.32. The normalized spacial score (nSPS) is 16.5. The Hall–Kier alpha value is -1.66. The Bertz CT molecular complexity index is 647. The van der Waals surface area contributed by atoms with Crippen molar-refractivity contribution >= 4 is 33.1 Å². The minimum atomic E-state index is 0.0337. The molecule has 6 heteroatoms. The molecule has 2 aromatic rings. The third-order valence-electron chi connectivity index (χ3n) is 3.98. The molecule has 0 saturated carbocycles. The van der Waals surface area contributed by atoms with Crippen molar-refractivity contribution in [1.29, 1.82) is 0 Å². The van der Waals surface area contributed by atoms with Crippen LogP contribution in [0.4, 0.5) is 5.69 Å². The molecular formula is C15H19N3O2S. The molecule has 0 bridgehead atoms. The fraction of sp³-hybridized carbons (Fsp3) is 0.467. The number of carbonyl (C=O) groups excluding carboxylic acids is 1. The highest BCUT2D eigenvalue weighted by molar-refractivity contribution is 7.21. The lowest BCUT2D eigenvalue weighted by molar-refractivity contribution is 0.0619. The van der Waals surface area contributed by atoms with Gasteiger partial charge in [0, 0.05) is 33.0 Å². The third-order valence-corrected chi connectivity index (χ3v) is 5.13. The van der Waals surface area contributed by atoms with Crippen LogP contribution in [0.25, 0.3) is 10.2 Å². The minimum absolute atomic E-state index is 0.0337. The highest BCUT2D eigenvalue weighted by atomic mass is 32.1. The van der Waals surface area contributed by atoms with Gasteiger partial charge in [0.2, 0.25) is 0 Å². The molecule has 0 unspecified atom stereocenters. The Kier molecular flexibility index (Phi) is 4.07. The number of rotatable bonds is 3. The molecule has 0 aromatic carbocycles. The van der Waals surface area contributed by atoms with Crippen molar-refractivity contribution in [3.8, 4) is 0 Å². The first-order valence-corrected chi connectivity index (χ1v) is 7.93. The van der Waals surface area contributed by atoms with E-state index in [1.807, 2.05) is 17.0 Å². The van der Waals surface area contributed by atoms with Gasteiger partial charge < -0.3 is 15.4 Å². The molecule has 5 nitrogen and oxygen atoms in total. The van der Waals surface area contributed by atoms with Crippen LogP contribution in [-0.2, 0) is 4.74 Å². The lowest BCUT2D eigenvalue weighted by Crippen LogP contribution is -2.39. The number of aromatic nitrogens is 1. The molecule has 1 fully saturated rings. The first-order valence-electron chi connectivity index (χ1n) is 7.12. The SMILES string of the molecule is COCC1CCN(C(=O)c2sc3cccnc3c2N)CC1. The molecule has 1 amide bonds. The Labute approximate surface area is 127 Å². The number of nitrogens with two attached hydrogens (primary N) is 1. The van der Waals surface area contributed by atoms with E-state index in [9.17, 15) is 4.79 Å². The smallest absolute Gasteiger partial charge is 0.266 e. The predicted molar refractivity (Wildman–Crippen MR) is 84.5 cm³/mol. The van der Waals surface area contributed by atoms with E-state index >= 15 is 0 Å². The minimum Gasteiger partial charge on any atom is -0.396 e. The van der Waals surface area contributed by atoms with E-state index in [1.54, 1.807) is 13.3 Å². The van der Waals surface area contributed by atoms with E-state index in [2.05, 4.69) is 4.98 Å². The summed E-state index contributed by atoms with van der Waals surface area (Å²) in [5.41, 5.74) is 7.35. The Morgan fingerprint density at radius 3 is 2.95 bits per heavy atom. The molecule has 1 aliphatic rings. The topological polar surface area (TPSA) is 68.5 Å². The zero-order valence-electron chi connectivity index (χ0n) is 12.0. The van der Waals surface area contributed by atoms with Crippen molar-refractivity contribution in [3.63, 3.8) is 0 Å². The molecule has 2 aromatic heterocycles. The standard InChI is InChI=1S/C15H19N3O2S/c1-20-9-10-4-7-18(8-5-10)15(19)14-12(16)13-11(21-14)3-2-6-17-13/h2-3,6,10H,4-5,7-9,16H2,1H3. The zero-order valence-corrected chi connectivity index (χ0v) is 12.9. The number of anilines is 1. The average molecular weight is 305 g/mol. The van der Waals surface area contributed by atoms with Crippen LogP contribution in [-0.4, -0.2) is 42.6 Å². The number of likely N-dealkylation sites (tertiary alicyclic amines) is 1. The summed E-state index contributed by atoms with van der Waals surface area (Å²) >= 11 is 1.43. The molecule has 0 radical (unpaired) electrons. The highest BCUT2D eigenvalue weighted by Gasteiger charge is 2.26. The summed E-state index contributed by atoms with van der Waals surface area (Å²) < 4.78 is 6.16. The van der Waals surface area contributed by atoms with Crippen LogP contribution in [0.2, 0.25) is 0 Å². The van der Waals surface area contributed by atoms with Crippen molar-refractivity contribution in [3.05, 3.63) is 23.2 Å². The number of hydrogen-bond donors (Lipinski definition) is 1. The first kappa shape index (κ1) is 14.3. The number of nitrogens with zero attached hydrogens (tertiary/aromatic N) is 2. The van der Waals surface area contributed by atoms with E-state index < -0.39 is 0 Å². The highest BCUT2D eigenvalue weighted by Crippen LogP contribution is 2.33. The van der Waals surface area contributed by atoms with Gasteiger partial charge in [-0.3, -0.25) is 9.78 Å². The number of amides is 1. The van der Waals surface area contributed by atoms with Gasteiger partial charge in [0.15, 0.2) is 0 Å². The van der Waals surface area contributed by atoms with Gasteiger partial charge in [-0.1, -0.05) is 0 Å². The second-order valence-corrected chi connectivity index (χ2v) is 6.44. The Morgan fingerprint density at radius 2 is 2.29 bits per heavy atom. The van der Waals surface area contributed by atoms with Crippen LogP contribution in [0.5, 0.6) is 0 Å². The number of nitrogen functional groups attached to an aromatic ring is 1. The molecule has 3 rings (SSSR count). The Balaban J connectivity index is 1.77. The van der Waals surface area contributed by atoms with E-state index in [4.69, 9.17) is 10.5 Å². The van der Waals surface area contributed by atoms with Crippen LogP contribution < -0.4 is 5.73 Å². The molecular weight excluding hydrogens is 286 g/mol. The van der Waals surface area contributed by atoms with Crippen LogP contribution in [0.3, 0.4) is 0 Å². The van der Waals surface area contributed by atoms with Crippen LogP contribution in [0.15, 0.2) is 18.3 Å². The summed E-state index contributed by atoms with van der Waals surface area (Å²) in [5.74, 6) is 0.590. The van der Waals surface area contributed by atoms with E-state index in [1.165, 1.54) is 11.3 Å². The fourth-order valence-electron chi connectivity index (χ4n) is 2.79. The maximum atomic E-state index is 12.7. The van der Waals surface area contributed by atoms with E-state index in [0.29, 0.717) is 16.5 Å². The van der Waals surface area contributed by atoms with Gasteiger partial charge in [0.1, 0.15) is 10.4 Å². The zero-order chi connectivity index (χ0) is 14.8. The number of piperidine rings is 1. The summed E-state index contributed by atoms with van der Waals surface area (Å²) in [4.78, 5) is 19.4. The van der Waals surface area contributed by atoms with Crippen molar-refractivity contribution in [1.82, 2.24) is 9.88 Å². The molecule has 3 heterocycles. The Morgan fingerprint density at radius 1 is 1.52 bits per heavy atom. The first-order chi connectivity index (χ1) is 10.2. The quantitative estimate of drug-likeness (QED) is 0.945. The van der Waals surface area contributed by atoms with Gasteiger partial charge in [0.05, 0.1) is 10.4 Å². The van der Waals surface area contributed by atoms with Crippen molar-refractivity contribution in [2.45, 2.75) is 12.8 Å². The molecule has 1 saturated heterocycles. The molecule has 1 aliphatic heterocycles. The molecule has 2 N–H and O–H groups in total. The molecule has 0 aliphatic carbocycles. The predicted octanol–water partition coefficient (Wildman–Crippen LogP) is 2.38. The lowest BCUT2D eigenvalue weighted by Gasteiger charge is -2.31. The monoisotopic (exact) mass is 305 g/mol. The number of thiophene rings is 1. The summed E-state index contributed by atoms with van der Waals surface area (Å²) in [5, 5.41) is 0. The van der Waals surface area contributed by atoms with Gasteiger partial charge in [-0.25, -0.2) is 0 Å². The maximum Gasteiger partial charge on any atom is 0.266 e. The van der Waals surface area contributed by atoms with Gasteiger partial charge in [-0.15, -0.1) is 11.3 Å². The molecule has 0 spiro atoms. The number of methoxy groups -OCH3 is 1. The summed E-state index contributed by atoms with van der Waals surface area (Å²) in [7, 11) is 1.72. The number of fused-ring (bicyclic) bond motifs is 1. The van der Waals surface area contributed by atoms with Crippen molar-refractivity contribution in [2.24, 2.45) is 5.92 Å². The number of ether oxygens (including phenoxy) is 1. The molecule has 112 valence electrons. The van der Waals surface area contributed by atoms with E-state index in [-0.39, 0.29) is 5.91 Å². The van der Waals surface area contributed by atoms with Crippen molar-refractivity contribution in [2.75, 3.05) is 32.5 Å². The van der Waals surface area contributed by atoms with Gasteiger partial charge >= 0.3 is 0 Å². The molecule has 0 atom stereocenters. The maximum absolute atomic E-state index is 12.7. The van der Waals surface area contributed by atoms with Crippen LogP contribution >= 0.6 is 11.3 Å². The average Bonchev–Trinajstić information content (AvgIpc) is 2.85. The largest absolute Gasteiger partial charge is 0.396 e. The molecule has 21 heavy (non-hydrogen) atoms. The van der Waals surface area contributed by atoms with E-state index in [0.717, 1.165) is 42.8 Å². The number of carbonyl (C=O) groups is 1. The van der Waals surface area contributed by atoms with Gasteiger partial charge in [-0.2, -0.15) is 0 Å². The summed E-state index contributed by atoms with van der Waals surface area (Å²) in [6.07, 6.45) is 3.68. The lowest BCUT2D eigenvalue weighted by atomic mass is 9.97. The van der Waals surface area contributed by atoms with Crippen LogP contribution in [0.1, 0.15) is 22.5 Å². The van der Waals surface area contributed by atoms with Gasteiger partial charge in [0.25, 0.3) is 5.91 Å². The number of hydrogen-bond acceptors (Lipinski definition) is 5. The summed E-state index contributed by atoms with van der Waals surface area (Å²) in [6, 6.07) is 3.81. The van der Waals surface area contributed by atoms with Crippen LogP contribution in [0, 0.1) is 5.92 Å².